The molecule has 0 saturated carbocycles. The Morgan fingerprint density at radius 3 is 2.63 bits per heavy atom. The number of nitrogens with zero attached hydrogens (tertiary/aromatic N) is 2. The molecule has 2 aromatic carbocycles. The van der Waals surface area contributed by atoms with E-state index in [4.69, 9.17) is 9.47 Å². The van der Waals surface area contributed by atoms with E-state index in [-0.39, 0.29) is 29.7 Å². The van der Waals surface area contributed by atoms with Gasteiger partial charge in [-0.1, -0.05) is 42.5 Å². The van der Waals surface area contributed by atoms with Gasteiger partial charge in [-0.2, -0.15) is 0 Å². The highest BCUT2D eigenvalue weighted by Crippen LogP contribution is 2.58. The smallest absolute Gasteiger partial charge is 0.258 e. The van der Waals surface area contributed by atoms with Gasteiger partial charge in [-0.15, -0.1) is 0 Å². The third kappa shape index (κ3) is 3.02. The van der Waals surface area contributed by atoms with Crippen molar-refractivity contribution in [2.24, 2.45) is 11.8 Å². The van der Waals surface area contributed by atoms with Crippen molar-refractivity contribution in [1.82, 2.24) is 0 Å². The molecule has 0 aromatic heterocycles. The molecule has 5 nitrogen and oxygen atoms in total. The topological polar surface area (TPSA) is 42.0 Å². The van der Waals surface area contributed by atoms with E-state index in [1.54, 1.807) is 0 Å². The van der Waals surface area contributed by atoms with Crippen LogP contribution in [0, 0.1) is 11.8 Å². The molecule has 6 aliphatic rings. The molecule has 5 heterocycles. The number of anilines is 2. The summed E-state index contributed by atoms with van der Waals surface area (Å²) >= 11 is 0. The first-order valence-corrected chi connectivity index (χ1v) is 14.3. The third-order valence-corrected chi connectivity index (χ3v) is 9.68. The molecule has 0 saturated heterocycles. The lowest BCUT2D eigenvalue weighted by atomic mass is 9.65. The molecule has 2 unspecified atom stereocenters. The summed E-state index contributed by atoms with van der Waals surface area (Å²) in [5.41, 5.74) is 6.74. The van der Waals surface area contributed by atoms with Crippen molar-refractivity contribution in [3.63, 3.8) is 0 Å². The monoisotopic (exact) mass is 506 g/mol. The van der Waals surface area contributed by atoms with Crippen molar-refractivity contribution in [2.45, 2.75) is 57.1 Å². The van der Waals surface area contributed by atoms with Gasteiger partial charge in [-0.05, 0) is 63.3 Å². The standard InChI is InChI=1S/C33H34N2O3/c1-33(2)25-19-37-30-23-14-9-17-34-16-8-10-20(29(23)34)18-24(30)27(25)28-31(38-33)22-13-6-7-15-26(22)35(32(28)36)21-11-4-3-5-12-21/h3-7,11-13,15,18,22,25-27H,8-10,14,16-17,19H2,1-2H3/t22?,25-,26?,27+/m1/s1. The van der Waals surface area contributed by atoms with Crippen LogP contribution >= 0.6 is 0 Å². The zero-order valence-electron chi connectivity index (χ0n) is 22.2. The second kappa shape index (κ2) is 8.02. The normalized spacial score (nSPS) is 29.9. The predicted octanol–water partition coefficient (Wildman–Crippen LogP) is 5.70. The third-order valence-electron chi connectivity index (χ3n) is 9.68. The van der Waals surface area contributed by atoms with Gasteiger partial charge in [0.1, 0.15) is 17.1 Å². The minimum atomic E-state index is -0.449. The number of rotatable bonds is 1. The molecular formula is C33H34N2O3. The van der Waals surface area contributed by atoms with Gasteiger partial charge >= 0.3 is 0 Å². The predicted molar refractivity (Wildman–Crippen MR) is 149 cm³/mol. The van der Waals surface area contributed by atoms with Crippen LogP contribution in [0.1, 0.15) is 49.3 Å². The number of benzene rings is 2. The number of ether oxygens (including phenoxy) is 2. The van der Waals surface area contributed by atoms with Crippen LogP contribution in [0.3, 0.4) is 0 Å². The van der Waals surface area contributed by atoms with Crippen LogP contribution in [0.4, 0.5) is 11.4 Å². The summed E-state index contributed by atoms with van der Waals surface area (Å²) in [6.45, 7) is 7.19. The summed E-state index contributed by atoms with van der Waals surface area (Å²) in [7, 11) is 0. The number of carbonyl (C=O) groups is 1. The Labute approximate surface area is 224 Å². The van der Waals surface area contributed by atoms with Crippen molar-refractivity contribution in [3.8, 4) is 5.75 Å². The van der Waals surface area contributed by atoms with Gasteiger partial charge < -0.3 is 19.3 Å². The number of amides is 1. The highest BCUT2D eigenvalue weighted by Gasteiger charge is 2.56. The lowest BCUT2D eigenvalue weighted by Crippen LogP contribution is -2.57. The Kier molecular flexibility index (Phi) is 4.75. The lowest BCUT2D eigenvalue weighted by Gasteiger charge is -2.53. The first-order valence-electron chi connectivity index (χ1n) is 14.3. The molecule has 1 aliphatic carbocycles. The fraction of sp³-hybridized carbons (Fsp3) is 0.424. The molecule has 4 atom stereocenters. The zero-order valence-corrected chi connectivity index (χ0v) is 22.2. The number of fused-ring (bicyclic) bond motifs is 7. The van der Waals surface area contributed by atoms with E-state index in [1.165, 1.54) is 28.8 Å². The molecule has 38 heavy (non-hydrogen) atoms. The lowest BCUT2D eigenvalue weighted by molar-refractivity contribution is -0.122. The number of para-hydroxylation sites is 1. The van der Waals surface area contributed by atoms with Crippen LogP contribution in [0.2, 0.25) is 0 Å². The van der Waals surface area contributed by atoms with Gasteiger partial charge in [0, 0.05) is 47.4 Å². The largest absolute Gasteiger partial charge is 0.492 e. The fourth-order valence-corrected chi connectivity index (χ4v) is 7.98. The first kappa shape index (κ1) is 22.5. The fourth-order valence-electron chi connectivity index (χ4n) is 7.98. The summed E-state index contributed by atoms with van der Waals surface area (Å²) < 4.78 is 13.5. The van der Waals surface area contributed by atoms with Crippen LogP contribution < -0.4 is 14.5 Å². The van der Waals surface area contributed by atoms with E-state index < -0.39 is 5.60 Å². The van der Waals surface area contributed by atoms with Gasteiger partial charge in [0.05, 0.1) is 24.1 Å². The molecule has 1 amide bonds. The van der Waals surface area contributed by atoms with Crippen molar-refractivity contribution >= 4 is 17.3 Å². The average Bonchev–Trinajstić information content (AvgIpc) is 2.93. The molecule has 0 fully saturated rings. The molecule has 5 aliphatic heterocycles. The molecule has 194 valence electrons. The maximum atomic E-state index is 14.7. The Morgan fingerprint density at radius 1 is 1.00 bits per heavy atom. The van der Waals surface area contributed by atoms with Gasteiger partial charge in [0.2, 0.25) is 0 Å². The Balaban J connectivity index is 1.36. The number of allylic oxidation sites excluding steroid dienone is 2. The van der Waals surface area contributed by atoms with Crippen LogP contribution in [0.25, 0.3) is 0 Å². The Morgan fingerprint density at radius 2 is 1.79 bits per heavy atom. The maximum Gasteiger partial charge on any atom is 0.258 e. The van der Waals surface area contributed by atoms with Gasteiger partial charge in [0.25, 0.3) is 5.91 Å². The highest BCUT2D eigenvalue weighted by atomic mass is 16.5. The number of hydrogen-bond acceptors (Lipinski definition) is 4. The molecule has 8 rings (SSSR count). The van der Waals surface area contributed by atoms with E-state index in [1.807, 2.05) is 35.2 Å². The number of hydrogen-bond donors (Lipinski definition) is 0. The molecule has 0 bridgehead atoms. The first-order chi connectivity index (χ1) is 18.5. The van der Waals surface area contributed by atoms with Gasteiger partial charge in [-0.3, -0.25) is 4.79 Å². The van der Waals surface area contributed by atoms with Crippen molar-refractivity contribution in [3.05, 3.63) is 88.7 Å². The van der Waals surface area contributed by atoms with Crippen LogP contribution in [0.5, 0.6) is 5.75 Å². The molecular weight excluding hydrogens is 472 g/mol. The van der Waals surface area contributed by atoms with Crippen LogP contribution in [-0.4, -0.2) is 37.2 Å². The molecule has 0 N–H and O–H groups in total. The quantitative estimate of drug-likeness (QED) is 0.498. The Bertz CT molecular complexity index is 1430. The molecule has 0 radical (unpaired) electrons. The van der Waals surface area contributed by atoms with E-state index in [9.17, 15) is 4.79 Å². The minimum absolute atomic E-state index is 0.00843. The van der Waals surface area contributed by atoms with Crippen LogP contribution in [-0.2, 0) is 22.4 Å². The van der Waals surface area contributed by atoms with Crippen molar-refractivity contribution in [2.75, 3.05) is 29.5 Å². The zero-order chi connectivity index (χ0) is 25.6. The molecule has 0 spiro atoms. The molecule has 5 heteroatoms. The summed E-state index contributed by atoms with van der Waals surface area (Å²) in [6, 6.07) is 12.4. The van der Waals surface area contributed by atoms with E-state index >= 15 is 0 Å². The maximum absolute atomic E-state index is 14.7. The van der Waals surface area contributed by atoms with Crippen LogP contribution in [0.15, 0.2) is 72.0 Å². The van der Waals surface area contributed by atoms with Crippen molar-refractivity contribution < 1.29 is 14.3 Å². The van der Waals surface area contributed by atoms with Crippen molar-refractivity contribution in [1.29, 1.82) is 0 Å². The molecule has 2 aromatic rings. The SMILES string of the molecule is CC1(C)OC2=C(C(=O)N(c3ccccc3)C3C=CC=CC23)[C@H]2c3cc4c5c(c3OC[C@H]21)CCCN5CCC4. The van der Waals surface area contributed by atoms with E-state index in [2.05, 4.69) is 49.1 Å². The minimum Gasteiger partial charge on any atom is -0.492 e. The number of aryl methyl sites for hydroxylation is 1. The summed E-state index contributed by atoms with van der Waals surface area (Å²) in [6.07, 6.45) is 13.0. The second-order valence-electron chi connectivity index (χ2n) is 12.2. The van der Waals surface area contributed by atoms with E-state index in [0.29, 0.717) is 6.61 Å². The summed E-state index contributed by atoms with van der Waals surface area (Å²) in [5, 5.41) is 0. The summed E-state index contributed by atoms with van der Waals surface area (Å²) in [4.78, 5) is 19.2. The van der Waals surface area contributed by atoms with Gasteiger partial charge in [0.15, 0.2) is 0 Å². The highest BCUT2D eigenvalue weighted by molar-refractivity contribution is 6.09. The Hall–Kier alpha value is -3.47. The number of carbonyl (C=O) groups excluding carboxylic acids is 1. The average molecular weight is 507 g/mol. The van der Waals surface area contributed by atoms with E-state index in [0.717, 1.165) is 55.1 Å². The van der Waals surface area contributed by atoms with Gasteiger partial charge in [-0.25, -0.2) is 0 Å². The summed E-state index contributed by atoms with van der Waals surface area (Å²) in [5.74, 6) is 1.98. The second-order valence-corrected chi connectivity index (χ2v) is 12.2.